The number of hydrogen-bond acceptors (Lipinski definition) is 8. The van der Waals surface area contributed by atoms with Crippen LogP contribution >= 0.6 is 11.3 Å². The highest BCUT2D eigenvalue weighted by molar-refractivity contribution is 7.91. The highest BCUT2D eigenvalue weighted by atomic mass is 32.2. The summed E-state index contributed by atoms with van der Waals surface area (Å²) < 4.78 is 65.8. The van der Waals surface area contributed by atoms with Gasteiger partial charge in [0, 0.05) is 19.4 Å². The SMILES string of the molecule is CCS(=O)(=O)c1nc(-c2ncccn2)sc1-c1nc2cc(C(F)(F)F)ncc2n1C. The molecule has 4 rings (SSSR count). The van der Waals surface area contributed by atoms with Gasteiger partial charge in [0.05, 0.1) is 23.0 Å². The molecule has 0 saturated heterocycles. The van der Waals surface area contributed by atoms with Crippen LogP contribution in [0.1, 0.15) is 12.6 Å². The molecule has 30 heavy (non-hydrogen) atoms. The van der Waals surface area contributed by atoms with Crippen molar-refractivity contribution < 1.29 is 21.6 Å². The van der Waals surface area contributed by atoms with E-state index < -0.39 is 21.7 Å². The molecule has 4 heterocycles. The van der Waals surface area contributed by atoms with Gasteiger partial charge in [0.1, 0.15) is 10.6 Å². The zero-order valence-corrected chi connectivity index (χ0v) is 17.2. The van der Waals surface area contributed by atoms with Crippen molar-refractivity contribution in [2.75, 3.05) is 5.75 Å². The average molecular weight is 454 g/mol. The fourth-order valence-corrected chi connectivity index (χ4v) is 5.12. The molecule has 0 atom stereocenters. The van der Waals surface area contributed by atoms with Crippen LogP contribution in [-0.4, -0.2) is 43.7 Å². The van der Waals surface area contributed by atoms with Gasteiger partial charge in [-0.2, -0.15) is 13.2 Å². The molecule has 0 N–H and O–H groups in total. The molecule has 156 valence electrons. The Hall–Kier alpha value is -2.93. The molecule has 0 aromatic carbocycles. The van der Waals surface area contributed by atoms with E-state index >= 15 is 0 Å². The Bertz CT molecular complexity index is 1350. The lowest BCUT2D eigenvalue weighted by atomic mass is 10.3. The quantitative estimate of drug-likeness (QED) is 0.466. The molecule has 0 fully saturated rings. The molecule has 8 nitrogen and oxygen atoms in total. The van der Waals surface area contributed by atoms with Crippen LogP contribution in [0.4, 0.5) is 13.2 Å². The molecule has 4 aromatic rings. The van der Waals surface area contributed by atoms with Crippen molar-refractivity contribution in [1.29, 1.82) is 0 Å². The number of alkyl halides is 3. The van der Waals surface area contributed by atoms with E-state index in [0.717, 1.165) is 23.6 Å². The zero-order valence-electron chi connectivity index (χ0n) is 15.5. The van der Waals surface area contributed by atoms with Crippen molar-refractivity contribution in [3.8, 4) is 21.5 Å². The maximum absolute atomic E-state index is 13.0. The highest BCUT2D eigenvalue weighted by Gasteiger charge is 2.33. The first-order valence-corrected chi connectivity index (χ1v) is 11.0. The van der Waals surface area contributed by atoms with Gasteiger partial charge in [0.2, 0.25) is 0 Å². The molecule has 0 radical (unpaired) electrons. The van der Waals surface area contributed by atoms with Crippen LogP contribution in [0.5, 0.6) is 0 Å². The van der Waals surface area contributed by atoms with Crippen LogP contribution < -0.4 is 0 Å². The van der Waals surface area contributed by atoms with Crippen molar-refractivity contribution in [1.82, 2.24) is 29.5 Å². The van der Waals surface area contributed by atoms with Crippen LogP contribution in [0, 0.1) is 0 Å². The summed E-state index contributed by atoms with van der Waals surface area (Å²) in [6.07, 6.45) is -0.566. The first kappa shape index (κ1) is 20.3. The second kappa shape index (κ2) is 7.09. The van der Waals surface area contributed by atoms with E-state index in [1.165, 1.54) is 23.9 Å². The average Bonchev–Trinajstić information content (AvgIpc) is 3.30. The monoisotopic (exact) mass is 454 g/mol. The smallest absolute Gasteiger partial charge is 0.325 e. The Morgan fingerprint density at radius 2 is 1.83 bits per heavy atom. The van der Waals surface area contributed by atoms with E-state index in [9.17, 15) is 21.6 Å². The Balaban J connectivity index is 1.96. The van der Waals surface area contributed by atoms with Crippen molar-refractivity contribution in [3.05, 3.63) is 36.4 Å². The number of rotatable bonds is 4. The molecular weight excluding hydrogens is 441 g/mol. The summed E-state index contributed by atoms with van der Waals surface area (Å²) in [5.74, 6) is 0.196. The summed E-state index contributed by atoms with van der Waals surface area (Å²) in [4.78, 5) is 20.3. The summed E-state index contributed by atoms with van der Waals surface area (Å²) in [6, 6.07) is 2.44. The number of halogens is 3. The molecule has 13 heteroatoms. The Labute approximate surface area is 172 Å². The topological polar surface area (TPSA) is 104 Å². The van der Waals surface area contributed by atoms with Gasteiger partial charge < -0.3 is 4.57 Å². The lowest BCUT2D eigenvalue weighted by Crippen LogP contribution is -2.07. The van der Waals surface area contributed by atoms with Gasteiger partial charge in [-0.15, -0.1) is 11.3 Å². The molecule has 0 aliphatic carbocycles. The number of imidazole rings is 1. The third kappa shape index (κ3) is 3.43. The van der Waals surface area contributed by atoms with E-state index in [4.69, 9.17) is 0 Å². The highest BCUT2D eigenvalue weighted by Crippen LogP contribution is 2.38. The van der Waals surface area contributed by atoms with Gasteiger partial charge in [-0.25, -0.2) is 33.3 Å². The number of aromatic nitrogens is 6. The minimum absolute atomic E-state index is 0.0422. The van der Waals surface area contributed by atoms with Gasteiger partial charge in [0.25, 0.3) is 0 Å². The lowest BCUT2D eigenvalue weighted by Gasteiger charge is -2.05. The molecule has 0 bridgehead atoms. The van der Waals surface area contributed by atoms with Crippen molar-refractivity contribution in [3.63, 3.8) is 0 Å². The predicted octanol–water partition coefficient (Wildman–Crippen LogP) is 3.36. The molecule has 0 aliphatic rings. The molecule has 0 saturated carbocycles. The van der Waals surface area contributed by atoms with Crippen molar-refractivity contribution >= 4 is 32.2 Å². The van der Waals surface area contributed by atoms with Crippen LogP contribution in [0.3, 0.4) is 0 Å². The summed E-state index contributed by atoms with van der Waals surface area (Å²) in [5.41, 5.74) is -0.715. The summed E-state index contributed by atoms with van der Waals surface area (Å²) >= 11 is 1.01. The normalized spacial score (nSPS) is 12.6. The van der Waals surface area contributed by atoms with Gasteiger partial charge in [-0.1, -0.05) is 6.92 Å². The number of thiazole rings is 1. The molecule has 4 aromatic heterocycles. The Morgan fingerprint density at radius 1 is 1.13 bits per heavy atom. The fraction of sp³-hybridized carbons (Fsp3) is 0.235. The van der Waals surface area contributed by atoms with Crippen molar-refractivity contribution in [2.24, 2.45) is 7.05 Å². The number of hydrogen-bond donors (Lipinski definition) is 0. The van der Waals surface area contributed by atoms with Crippen LogP contribution in [0.15, 0.2) is 35.7 Å². The minimum atomic E-state index is -4.62. The maximum Gasteiger partial charge on any atom is 0.433 e. The molecule has 0 aliphatic heterocycles. The number of fused-ring (bicyclic) bond motifs is 1. The molecule has 0 unspecified atom stereocenters. The van der Waals surface area contributed by atoms with Crippen LogP contribution in [0.2, 0.25) is 0 Å². The number of pyridine rings is 1. The van der Waals surface area contributed by atoms with E-state index in [1.54, 1.807) is 13.1 Å². The Kier molecular flexibility index (Phi) is 4.81. The second-order valence-corrected chi connectivity index (χ2v) is 9.37. The van der Waals surface area contributed by atoms with E-state index in [-0.39, 0.29) is 37.8 Å². The summed E-state index contributed by atoms with van der Waals surface area (Å²) in [6.45, 7) is 1.48. The van der Waals surface area contributed by atoms with Gasteiger partial charge in [0.15, 0.2) is 31.5 Å². The van der Waals surface area contributed by atoms with Gasteiger partial charge >= 0.3 is 6.18 Å². The molecule has 0 spiro atoms. The van der Waals surface area contributed by atoms with E-state index in [2.05, 4.69) is 24.9 Å². The van der Waals surface area contributed by atoms with Gasteiger partial charge in [-0.3, -0.25) is 0 Å². The standard InChI is InChI=1S/C17H13F3N6O2S2/c1-3-30(27,28)16-12(29-15(25-16)13-21-5-4-6-22-13)14-24-9-7-11(17(18,19)20)23-8-10(9)26(14)2/h4-8H,3H2,1-2H3. The van der Waals surface area contributed by atoms with Crippen LogP contribution in [-0.2, 0) is 23.1 Å². The summed E-state index contributed by atoms with van der Waals surface area (Å²) in [7, 11) is -2.19. The van der Waals surface area contributed by atoms with Crippen molar-refractivity contribution in [2.45, 2.75) is 18.1 Å². The van der Waals surface area contributed by atoms with Crippen LogP contribution in [0.25, 0.3) is 32.6 Å². The largest absolute Gasteiger partial charge is 0.433 e. The maximum atomic E-state index is 13.0. The first-order valence-electron chi connectivity index (χ1n) is 8.53. The number of aryl methyl sites for hydroxylation is 1. The number of nitrogens with zero attached hydrogens (tertiary/aromatic N) is 6. The first-order chi connectivity index (χ1) is 14.1. The number of sulfone groups is 1. The second-order valence-electron chi connectivity index (χ2n) is 6.18. The zero-order chi connectivity index (χ0) is 21.7. The Morgan fingerprint density at radius 3 is 2.47 bits per heavy atom. The third-order valence-corrected chi connectivity index (χ3v) is 7.11. The fourth-order valence-electron chi connectivity index (χ4n) is 2.75. The molecule has 0 amide bonds. The van der Waals surface area contributed by atoms with E-state index in [0.29, 0.717) is 5.52 Å². The minimum Gasteiger partial charge on any atom is -0.325 e. The predicted molar refractivity (Wildman–Crippen MR) is 103 cm³/mol. The lowest BCUT2D eigenvalue weighted by molar-refractivity contribution is -0.141. The van der Waals surface area contributed by atoms with E-state index in [1.807, 2.05) is 0 Å². The summed E-state index contributed by atoms with van der Waals surface area (Å²) in [5, 5.41) is 0.0543. The third-order valence-electron chi connectivity index (χ3n) is 4.29. The van der Waals surface area contributed by atoms with Gasteiger partial charge in [-0.05, 0) is 12.1 Å². The molecular formula is C17H13F3N6O2S2.